The molecule has 2 aliphatic rings. The number of rotatable bonds is 4. The Morgan fingerprint density at radius 1 is 0.886 bits per heavy atom. The smallest absolute Gasteiger partial charge is 1.00 e. The van der Waals surface area contributed by atoms with Crippen LogP contribution in [0, 0.1) is 32.6 Å². The molecule has 0 unspecified atom stereocenters. The number of hydrogen-bond acceptors (Lipinski definition) is 4. The first kappa shape index (κ1) is 34.1. The van der Waals surface area contributed by atoms with Gasteiger partial charge in [0.2, 0.25) is 0 Å². The van der Waals surface area contributed by atoms with Gasteiger partial charge < -0.3 is 33.4 Å². The fourth-order valence-electron chi connectivity index (χ4n) is 3.68. The molecule has 188 valence electrons. The molecule has 0 bridgehead atoms. The maximum atomic E-state index is 11.4. The molecule has 0 amide bonds. The van der Waals surface area contributed by atoms with E-state index in [4.69, 9.17) is 4.74 Å². The van der Waals surface area contributed by atoms with Crippen molar-refractivity contribution in [2.75, 3.05) is 14.2 Å². The van der Waals surface area contributed by atoms with Crippen molar-refractivity contribution in [2.24, 2.45) is 11.8 Å². The summed E-state index contributed by atoms with van der Waals surface area (Å²) in [6.45, 7) is 7.68. The van der Waals surface area contributed by atoms with Gasteiger partial charge in [0.1, 0.15) is 0 Å². The normalized spacial score (nSPS) is 14.1. The van der Waals surface area contributed by atoms with Crippen LogP contribution in [-0.4, -0.2) is 49.2 Å². The molecule has 7 heteroatoms. The molecule has 2 aromatic rings. The Balaban J connectivity index is 0.000000538. The summed E-state index contributed by atoms with van der Waals surface area (Å²) >= 11 is 3.32. The first-order chi connectivity index (χ1) is 15.7. The van der Waals surface area contributed by atoms with Gasteiger partial charge in [-0.15, -0.1) is 0 Å². The minimum Gasteiger partial charge on any atom is -1.00 e. The van der Waals surface area contributed by atoms with Crippen LogP contribution in [-0.2, 0) is 15.9 Å². The molecule has 2 saturated carbocycles. The summed E-state index contributed by atoms with van der Waals surface area (Å²) < 4.78 is 10.3. The third kappa shape index (κ3) is 11.4. The Morgan fingerprint density at radius 3 is 1.69 bits per heavy atom. The summed E-state index contributed by atoms with van der Waals surface area (Å²) in [6, 6.07) is 11.5. The van der Waals surface area contributed by atoms with Crippen molar-refractivity contribution in [2.45, 2.75) is 58.8 Å². The van der Waals surface area contributed by atoms with Crippen molar-refractivity contribution in [1.29, 1.82) is 0 Å². The minimum atomic E-state index is -0.292. The number of esters is 2. The third-order valence-corrected chi connectivity index (χ3v) is 6.76. The van der Waals surface area contributed by atoms with E-state index in [1.165, 1.54) is 58.3 Å². The first-order valence-electron chi connectivity index (χ1n) is 11.6. The fraction of sp³-hybridized carbons (Fsp3) is 0.464. The van der Waals surface area contributed by atoms with Gasteiger partial charge in [0, 0.05) is 4.47 Å². The summed E-state index contributed by atoms with van der Waals surface area (Å²) in [5.74, 6) is 1.14. The van der Waals surface area contributed by atoms with Crippen LogP contribution >= 0.6 is 15.9 Å². The Kier molecular flexibility index (Phi) is 17.1. The molecule has 4 nitrogen and oxygen atoms in total. The number of halogens is 2. The van der Waals surface area contributed by atoms with Gasteiger partial charge >= 0.3 is 35.0 Å². The maximum absolute atomic E-state index is 11.4. The molecule has 0 heterocycles. The van der Waals surface area contributed by atoms with E-state index in [-0.39, 0.29) is 52.0 Å². The summed E-state index contributed by atoms with van der Waals surface area (Å²) in [7, 11) is 2.80. The van der Waals surface area contributed by atoms with Crippen LogP contribution < -0.4 is 17.0 Å². The zero-order valence-electron chi connectivity index (χ0n) is 21.4. The number of benzene rings is 2. The Morgan fingerprint density at radius 2 is 1.34 bits per heavy atom. The van der Waals surface area contributed by atoms with E-state index < -0.39 is 0 Å². The summed E-state index contributed by atoms with van der Waals surface area (Å²) in [6.07, 6.45) is 9.43. The predicted molar refractivity (Wildman–Crippen MR) is 142 cm³/mol. The fourth-order valence-corrected chi connectivity index (χ4v) is 4.16. The van der Waals surface area contributed by atoms with E-state index in [2.05, 4.69) is 39.7 Å². The molecule has 0 aromatic heterocycles. The largest absolute Gasteiger partial charge is 2.00 e. The molecule has 2 fully saturated rings. The zero-order valence-corrected chi connectivity index (χ0v) is 26.0. The number of carbonyl (C=O) groups is 2. The summed E-state index contributed by atoms with van der Waals surface area (Å²) in [4.78, 5) is 22.5. The van der Waals surface area contributed by atoms with E-state index in [1.54, 1.807) is 6.07 Å². The van der Waals surface area contributed by atoms with Crippen LogP contribution in [0.1, 0.15) is 75.9 Å². The van der Waals surface area contributed by atoms with Crippen LogP contribution in [0.2, 0.25) is 0 Å². The van der Waals surface area contributed by atoms with Crippen LogP contribution in [0.4, 0.5) is 0 Å². The van der Waals surface area contributed by atoms with Crippen molar-refractivity contribution < 1.29 is 36.0 Å². The molecule has 2 aromatic carbocycles. The van der Waals surface area contributed by atoms with Gasteiger partial charge in [0.05, 0.1) is 25.3 Å². The van der Waals surface area contributed by atoms with E-state index in [9.17, 15) is 9.59 Å². The van der Waals surface area contributed by atoms with E-state index in [0.29, 0.717) is 11.1 Å². The van der Waals surface area contributed by atoms with Gasteiger partial charge in [-0.1, -0.05) is 66.6 Å². The van der Waals surface area contributed by atoms with Crippen molar-refractivity contribution in [3.63, 3.8) is 0 Å². The zero-order chi connectivity index (χ0) is 24.4. The SMILES string of the molecule is COC(=O)c1ccc(Br)cc1C.COC(=O)c1ccc(CC2CCC2)cc1C.[Br-].[CH2-]C1CCC1.[Mg+2]. The van der Waals surface area contributed by atoms with Crippen molar-refractivity contribution >= 4 is 50.9 Å². The van der Waals surface area contributed by atoms with E-state index >= 15 is 0 Å². The molecular weight excluding hydrogens is 584 g/mol. The topological polar surface area (TPSA) is 52.6 Å². The van der Waals surface area contributed by atoms with Gasteiger partial charge in [0.15, 0.2) is 0 Å². The van der Waals surface area contributed by atoms with Crippen molar-refractivity contribution in [3.05, 3.63) is 75.6 Å². The first-order valence-corrected chi connectivity index (χ1v) is 12.4. The second-order valence-corrected chi connectivity index (χ2v) is 9.81. The molecule has 2 aliphatic carbocycles. The van der Waals surface area contributed by atoms with Crippen LogP contribution in [0.3, 0.4) is 0 Å². The quantitative estimate of drug-likeness (QED) is 0.296. The summed E-state index contributed by atoms with van der Waals surface area (Å²) in [5, 5.41) is 0. The molecule has 0 N–H and O–H groups in total. The maximum Gasteiger partial charge on any atom is 2.00 e. The number of ether oxygens (including phenoxy) is 2. The van der Waals surface area contributed by atoms with Crippen LogP contribution in [0.15, 0.2) is 40.9 Å². The van der Waals surface area contributed by atoms with Gasteiger partial charge in [-0.3, -0.25) is 0 Å². The molecule has 0 spiro atoms. The number of aryl methyl sites for hydroxylation is 2. The molecule has 0 saturated heterocycles. The number of carbonyl (C=O) groups excluding carboxylic acids is 2. The average Bonchev–Trinajstić information content (AvgIpc) is 2.75. The van der Waals surface area contributed by atoms with Crippen molar-refractivity contribution in [1.82, 2.24) is 0 Å². The molecule has 0 radical (unpaired) electrons. The minimum absolute atomic E-state index is 0. The monoisotopic (exact) mass is 618 g/mol. The Hall–Kier alpha value is -0.894. The number of hydrogen-bond donors (Lipinski definition) is 0. The van der Waals surface area contributed by atoms with Crippen molar-refractivity contribution in [3.8, 4) is 0 Å². The van der Waals surface area contributed by atoms with Crippen LogP contribution in [0.5, 0.6) is 0 Å². The molecular formula is C28H36Br2MgO4. The van der Waals surface area contributed by atoms with E-state index in [0.717, 1.165) is 33.9 Å². The third-order valence-electron chi connectivity index (χ3n) is 6.26. The van der Waals surface area contributed by atoms with Crippen LogP contribution in [0.25, 0.3) is 0 Å². The predicted octanol–water partition coefficient (Wildman–Crippen LogP) is 3.91. The van der Waals surface area contributed by atoms with E-state index in [1.807, 2.05) is 32.0 Å². The van der Waals surface area contributed by atoms with Gasteiger partial charge in [-0.25, -0.2) is 9.59 Å². The second kappa shape index (κ2) is 17.5. The molecule has 0 aliphatic heterocycles. The van der Waals surface area contributed by atoms with Gasteiger partial charge in [-0.05, 0) is 67.1 Å². The standard InChI is InChI=1S/C14H18O2.C9H9BrO2.C5H9.BrH.Mg/c1-10-8-12(9-11-4-3-5-11)6-7-13(10)14(15)16-2;1-6-5-7(10)3-4-8(6)9(11)12-2;1-5-3-2-4-5;;/h6-8,11H,3-5,9H2,1-2H3;3-5H,1-2H3;5H,1-4H2;1H;/q;;-1;;+2/p-1. The molecule has 35 heavy (non-hydrogen) atoms. The second-order valence-electron chi connectivity index (χ2n) is 8.89. The van der Waals surface area contributed by atoms with Gasteiger partial charge in [-0.2, -0.15) is 5.92 Å². The summed E-state index contributed by atoms with van der Waals surface area (Å²) in [5.41, 5.74) is 4.57. The van der Waals surface area contributed by atoms with Gasteiger partial charge in [0.25, 0.3) is 0 Å². The Bertz CT molecular complexity index is 941. The Labute approximate surface area is 246 Å². The molecule has 4 rings (SSSR count). The average molecular weight is 621 g/mol. The molecule has 0 atom stereocenters. The number of methoxy groups -OCH3 is 2.